The molecule has 0 radical (unpaired) electrons. The average molecular weight is 379 g/mol. The Morgan fingerprint density at radius 2 is 1.82 bits per heavy atom. The van der Waals surface area contributed by atoms with Crippen LogP contribution in [0, 0.1) is 13.8 Å². The molecule has 7 heteroatoms. The van der Waals surface area contributed by atoms with Crippen LogP contribution in [0.1, 0.15) is 50.0 Å². The highest BCUT2D eigenvalue weighted by molar-refractivity contribution is 5.84. The molecule has 1 N–H and O–H groups in total. The zero-order valence-corrected chi connectivity index (χ0v) is 16.5. The van der Waals surface area contributed by atoms with Gasteiger partial charge in [-0.1, -0.05) is 31.0 Å². The molecule has 0 bridgehead atoms. The molecule has 1 aromatic carbocycles. The molecule has 1 saturated carbocycles. The van der Waals surface area contributed by atoms with Gasteiger partial charge < -0.3 is 5.32 Å². The number of aromatic nitrogens is 4. The zero-order chi connectivity index (χ0) is 19.8. The quantitative estimate of drug-likeness (QED) is 0.756. The van der Waals surface area contributed by atoms with Crippen molar-refractivity contribution < 1.29 is 4.79 Å². The molecule has 7 nitrogen and oxygen atoms in total. The highest BCUT2D eigenvalue weighted by Gasteiger charge is 2.25. The number of aryl methyl sites for hydroxylation is 2. The summed E-state index contributed by atoms with van der Waals surface area (Å²) in [4.78, 5) is 25.9. The Labute approximate surface area is 163 Å². The highest BCUT2D eigenvalue weighted by atomic mass is 16.2. The van der Waals surface area contributed by atoms with Crippen LogP contribution in [0.4, 0.5) is 0 Å². The fourth-order valence-electron chi connectivity index (χ4n) is 3.97. The number of carbonyl (C=O) groups is 1. The van der Waals surface area contributed by atoms with Crippen LogP contribution in [0.25, 0.3) is 16.6 Å². The fraction of sp³-hybridized carbons (Fsp3) is 0.429. The molecule has 0 aliphatic heterocycles. The first-order valence-corrected chi connectivity index (χ1v) is 9.82. The number of hydrogen-bond acceptors (Lipinski definition) is 4. The van der Waals surface area contributed by atoms with Gasteiger partial charge >= 0.3 is 0 Å². The molecular formula is C21H25N5O2. The first-order chi connectivity index (χ1) is 13.5. The standard InChI is InChI=1S/C21H25N5O2/c1-13-19-18(14(2)25(24-19)17-11-5-4-6-12-17)21(28)26(23-13)15(3)20(27)22-16-9-7-8-10-16/h4-6,11-12,15-16H,7-10H2,1-3H3,(H,22,27)/t15-/m0/s1. The predicted octanol–water partition coefficient (Wildman–Crippen LogP) is 2.82. The number of fused-ring (bicyclic) bond motifs is 1. The van der Waals surface area contributed by atoms with Gasteiger partial charge in [-0.05, 0) is 45.7 Å². The molecule has 1 aliphatic carbocycles. The third-order valence-corrected chi connectivity index (χ3v) is 5.59. The van der Waals surface area contributed by atoms with Gasteiger partial charge in [0.15, 0.2) is 0 Å². The van der Waals surface area contributed by atoms with Crippen LogP contribution in [0.5, 0.6) is 0 Å². The van der Waals surface area contributed by atoms with Gasteiger partial charge in [0.2, 0.25) is 5.91 Å². The first kappa shape index (κ1) is 18.4. The Bertz CT molecular complexity index is 1080. The Morgan fingerprint density at radius 3 is 2.50 bits per heavy atom. The van der Waals surface area contributed by atoms with Crippen LogP contribution >= 0.6 is 0 Å². The second kappa shape index (κ2) is 7.22. The van der Waals surface area contributed by atoms with Gasteiger partial charge in [-0.3, -0.25) is 9.59 Å². The lowest BCUT2D eigenvalue weighted by molar-refractivity contribution is -0.124. The SMILES string of the molecule is Cc1nn([C@@H](C)C(=O)NC2CCCC2)c(=O)c2c(C)n(-c3ccccc3)nc12. The molecule has 0 unspecified atom stereocenters. The van der Waals surface area contributed by atoms with E-state index in [-0.39, 0.29) is 17.5 Å². The predicted molar refractivity (Wildman–Crippen MR) is 108 cm³/mol. The normalized spacial score (nSPS) is 15.8. The Morgan fingerprint density at radius 1 is 1.14 bits per heavy atom. The molecular weight excluding hydrogens is 354 g/mol. The molecule has 3 aromatic rings. The van der Waals surface area contributed by atoms with Crippen LogP contribution in [0.3, 0.4) is 0 Å². The number of benzene rings is 1. The van der Waals surface area contributed by atoms with Crippen LogP contribution < -0.4 is 10.9 Å². The molecule has 2 aromatic heterocycles. The topological polar surface area (TPSA) is 81.8 Å². The largest absolute Gasteiger partial charge is 0.352 e. The van der Waals surface area contributed by atoms with Crippen molar-refractivity contribution in [3.05, 3.63) is 52.1 Å². The number of rotatable bonds is 4. The molecule has 28 heavy (non-hydrogen) atoms. The van der Waals surface area contributed by atoms with E-state index in [1.165, 1.54) is 4.68 Å². The average Bonchev–Trinajstić information content (AvgIpc) is 3.33. The van der Waals surface area contributed by atoms with E-state index < -0.39 is 6.04 Å². The molecule has 2 heterocycles. The van der Waals surface area contributed by atoms with Crippen LogP contribution in [-0.2, 0) is 4.79 Å². The molecule has 1 fully saturated rings. The van der Waals surface area contributed by atoms with Gasteiger partial charge in [0, 0.05) is 6.04 Å². The van der Waals surface area contributed by atoms with Crippen molar-refractivity contribution in [1.82, 2.24) is 24.9 Å². The van der Waals surface area contributed by atoms with E-state index >= 15 is 0 Å². The number of nitrogens with zero attached hydrogens (tertiary/aromatic N) is 4. The number of para-hydroxylation sites is 1. The van der Waals surface area contributed by atoms with Crippen molar-refractivity contribution in [3.63, 3.8) is 0 Å². The second-order valence-electron chi connectivity index (χ2n) is 7.56. The number of nitrogens with one attached hydrogen (secondary N) is 1. The van der Waals surface area contributed by atoms with Gasteiger partial charge in [0.25, 0.3) is 5.56 Å². The molecule has 1 atom stereocenters. The number of carbonyl (C=O) groups excluding carboxylic acids is 1. The Kier molecular flexibility index (Phi) is 4.75. The van der Waals surface area contributed by atoms with E-state index in [1.807, 2.05) is 44.2 Å². The van der Waals surface area contributed by atoms with E-state index in [0.717, 1.165) is 37.1 Å². The van der Waals surface area contributed by atoms with Crippen LogP contribution in [0.2, 0.25) is 0 Å². The summed E-state index contributed by atoms with van der Waals surface area (Å²) in [5, 5.41) is 12.6. The zero-order valence-electron chi connectivity index (χ0n) is 16.5. The third-order valence-electron chi connectivity index (χ3n) is 5.59. The summed E-state index contributed by atoms with van der Waals surface area (Å²) in [6, 6.07) is 9.22. The lowest BCUT2D eigenvalue weighted by atomic mass is 10.2. The van der Waals surface area contributed by atoms with Crippen molar-refractivity contribution in [2.75, 3.05) is 0 Å². The highest BCUT2D eigenvalue weighted by Crippen LogP contribution is 2.21. The Balaban J connectivity index is 1.76. The van der Waals surface area contributed by atoms with Gasteiger partial charge in [-0.25, -0.2) is 9.36 Å². The number of amides is 1. The van der Waals surface area contributed by atoms with Crippen molar-refractivity contribution in [2.24, 2.45) is 0 Å². The van der Waals surface area contributed by atoms with E-state index in [0.29, 0.717) is 16.6 Å². The lowest BCUT2D eigenvalue weighted by Crippen LogP contribution is -2.41. The molecule has 1 aliphatic rings. The molecule has 146 valence electrons. The summed E-state index contributed by atoms with van der Waals surface area (Å²) in [6.07, 6.45) is 4.28. The minimum Gasteiger partial charge on any atom is -0.352 e. The van der Waals surface area contributed by atoms with Crippen LogP contribution in [-0.4, -0.2) is 31.5 Å². The van der Waals surface area contributed by atoms with Crippen molar-refractivity contribution in [1.29, 1.82) is 0 Å². The summed E-state index contributed by atoms with van der Waals surface area (Å²) >= 11 is 0. The summed E-state index contributed by atoms with van der Waals surface area (Å²) in [7, 11) is 0. The molecule has 4 rings (SSSR count). The fourth-order valence-corrected chi connectivity index (χ4v) is 3.97. The second-order valence-corrected chi connectivity index (χ2v) is 7.56. The molecule has 0 spiro atoms. The number of hydrogen-bond donors (Lipinski definition) is 1. The van der Waals surface area contributed by atoms with Crippen LogP contribution in [0.15, 0.2) is 35.1 Å². The smallest absolute Gasteiger partial charge is 0.278 e. The summed E-state index contributed by atoms with van der Waals surface area (Å²) in [5.41, 5.74) is 2.55. The minimum absolute atomic E-state index is 0.159. The first-order valence-electron chi connectivity index (χ1n) is 9.82. The summed E-state index contributed by atoms with van der Waals surface area (Å²) in [6.45, 7) is 5.42. The van der Waals surface area contributed by atoms with E-state index in [1.54, 1.807) is 11.6 Å². The maximum atomic E-state index is 13.2. The summed E-state index contributed by atoms with van der Waals surface area (Å²) in [5.74, 6) is -0.159. The van der Waals surface area contributed by atoms with Crippen molar-refractivity contribution in [2.45, 2.75) is 58.5 Å². The lowest BCUT2D eigenvalue weighted by Gasteiger charge is -2.18. The van der Waals surface area contributed by atoms with E-state index in [2.05, 4.69) is 15.5 Å². The van der Waals surface area contributed by atoms with E-state index in [4.69, 9.17) is 0 Å². The minimum atomic E-state index is -0.671. The maximum absolute atomic E-state index is 13.2. The molecule has 1 amide bonds. The van der Waals surface area contributed by atoms with Gasteiger partial charge in [-0.15, -0.1) is 0 Å². The monoisotopic (exact) mass is 379 g/mol. The third kappa shape index (κ3) is 3.10. The van der Waals surface area contributed by atoms with Gasteiger partial charge in [-0.2, -0.15) is 10.2 Å². The Hall–Kier alpha value is -2.96. The van der Waals surface area contributed by atoms with E-state index in [9.17, 15) is 9.59 Å². The molecule has 0 saturated heterocycles. The van der Waals surface area contributed by atoms with Gasteiger partial charge in [0.05, 0.1) is 22.5 Å². The van der Waals surface area contributed by atoms with Crippen molar-refractivity contribution >= 4 is 16.8 Å². The van der Waals surface area contributed by atoms with Gasteiger partial charge in [0.1, 0.15) is 11.6 Å². The van der Waals surface area contributed by atoms with Crippen molar-refractivity contribution in [3.8, 4) is 5.69 Å². The summed E-state index contributed by atoms with van der Waals surface area (Å²) < 4.78 is 3.06. The maximum Gasteiger partial charge on any atom is 0.278 e.